The third kappa shape index (κ3) is 13.5. The molecule has 3 unspecified atom stereocenters. The first-order valence-corrected chi connectivity index (χ1v) is 9.43. The lowest BCUT2D eigenvalue weighted by Crippen LogP contribution is -2.25. The van der Waals surface area contributed by atoms with E-state index in [1.807, 2.05) is 0 Å². The molecule has 6 N–H and O–H groups in total. The van der Waals surface area contributed by atoms with Crippen LogP contribution in [-0.2, 0) is 0 Å². The second-order valence-electron chi connectivity index (χ2n) is 6.67. The number of nitrogens with two attached hydrogens (primary N) is 2. The van der Waals surface area contributed by atoms with E-state index in [0.717, 1.165) is 51.4 Å². The summed E-state index contributed by atoms with van der Waals surface area (Å²) >= 11 is 0. The quantitative estimate of drug-likeness (QED) is 0.329. The Hall–Kier alpha value is -0.160. The van der Waals surface area contributed by atoms with Gasteiger partial charge in [-0.25, -0.2) is 0 Å². The molecule has 0 bridgehead atoms. The van der Waals surface area contributed by atoms with Crippen LogP contribution in [0.25, 0.3) is 0 Å². The van der Waals surface area contributed by atoms with Gasteiger partial charge in [-0.15, -0.1) is 0 Å². The van der Waals surface area contributed by atoms with Crippen molar-refractivity contribution in [3.63, 3.8) is 0 Å². The van der Waals surface area contributed by atoms with Gasteiger partial charge in [0.1, 0.15) is 0 Å². The average molecular weight is 317 g/mol. The molecule has 0 aliphatic carbocycles. The Kier molecular flexibility index (Phi) is 15.6. The molecule has 4 heteroatoms. The Morgan fingerprint density at radius 2 is 1.14 bits per heavy atom. The summed E-state index contributed by atoms with van der Waals surface area (Å²) in [5.41, 5.74) is 11.4. The molecule has 0 rings (SSSR count). The Bertz CT molecular complexity index is 227. The number of rotatable bonds is 16. The van der Waals surface area contributed by atoms with Crippen LogP contribution in [0.1, 0.15) is 90.4 Å². The summed E-state index contributed by atoms with van der Waals surface area (Å²) in [5, 5.41) is 19.9. The van der Waals surface area contributed by atoms with Gasteiger partial charge in [0, 0.05) is 6.04 Å². The summed E-state index contributed by atoms with van der Waals surface area (Å²) in [6.07, 6.45) is 12.6. The van der Waals surface area contributed by atoms with E-state index in [-0.39, 0.29) is 6.04 Å². The van der Waals surface area contributed by atoms with Gasteiger partial charge in [0.2, 0.25) is 0 Å². The van der Waals surface area contributed by atoms with E-state index >= 15 is 0 Å². The first-order chi connectivity index (χ1) is 10.6. The van der Waals surface area contributed by atoms with Gasteiger partial charge in [0.25, 0.3) is 0 Å². The molecule has 0 amide bonds. The monoisotopic (exact) mass is 316 g/mol. The molecule has 0 saturated carbocycles. The highest BCUT2D eigenvalue weighted by Gasteiger charge is 2.15. The molecule has 134 valence electrons. The zero-order chi connectivity index (χ0) is 16.6. The molecule has 0 aliphatic rings. The van der Waals surface area contributed by atoms with Crippen LogP contribution in [0.2, 0.25) is 0 Å². The molecule has 0 aromatic rings. The number of hydrogen-bond donors (Lipinski definition) is 4. The summed E-state index contributed by atoms with van der Waals surface area (Å²) in [7, 11) is 0. The van der Waals surface area contributed by atoms with E-state index in [0.29, 0.717) is 13.0 Å². The highest BCUT2D eigenvalue weighted by Crippen LogP contribution is 2.14. The molecule has 0 aliphatic heterocycles. The van der Waals surface area contributed by atoms with Gasteiger partial charge in [-0.05, 0) is 32.2 Å². The van der Waals surface area contributed by atoms with Crippen LogP contribution in [0, 0.1) is 0 Å². The van der Waals surface area contributed by atoms with Crippen molar-refractivity contribution in [2.75, 3.05) is 6.54 Å². The highest BCUT2D eigenvalue weighted by molar-refractivity contribution is 4.68. The minimum atomic E-state index is -0.550. The molecule has 0 heterocycles. The van der Waals surface area contributed by atoms with Crippen molar-refractivity contribution in [2.45, 2.75) is 109 Å². The minimum Gasteiger partial charge on any atom is -0.390 e. The van der Waals surface area contributed by atoms with E-state index < -0.39 is 12.2 Å². The van der Waals surface area contributed by atoms with E-state index in [1.54, 1.807) is 0 Å². The van der Waals surface area contributed by atoms with Crippen LogP contribution in [0.3, 0.4) is 0 Å². The van der Waals surface area contributed by atoms with Crippen LogP contribution < -0.4 is 11.5 Å². The molecule has 22 heavy (non-hydrogen) atoms. The van der Waals surface area contributed by atoms with E-state index in [2.05, 4.69) is 6.92 Å². The Morgan fingerprint density at radius 1 is 0.682 bits per heavy atom. The molecule has 0 saturated heterocycles. The number of hydrogen-bond acceptors (Lipinski definition) is 4. The lowest BCUT2D eigenvalue weighted by Gasteiger charge is -2.17. The van der Waals surface area contributed by atoms with E-state index in [1.165, 1.54) is 25.7 Å². The molecule has 0 aromatic carbocycles. The molecule has 3 atom stereocenters. The summed E-state index contributed by atoms with van der Waals surface area (Å²) < 4.78 is 0. The second kappa shape index (κ2) is 15.7. The zero-order valence-electron chi connectivity index (χ0n) is 14.7. The van der Waals surface area contributed by atoms with Crippen molar-refractivity contribution in [3.05, 3.63) is 0 Å². The van der Waals surface area contributed by atoms with Crippen LogP contribution in [0.5, 0.6) is 0 Å². The normalized spacial score (nSPS) is 15.7. The molecule has 0 fully saturated rings. The fourth-order valence-electron chi connectivity index (χ4n) is 2.81. The fourth-order valence-corrected chi connectivity index (χ4v) is 2.81. The van der Waals surface area contributed by atoms with Gasteiger partial charge in [-0.1, -0.05) is 64.7 Å². The Balaban J connectivity index is 3.41. The number of aliphatic hydroxyl groups excluding tert-OH is 2. The minimum absolute atomic E-state index is 0.241. The summed E-state index contributed by atoms with van der Waals surface area (Å²) in [5.74, 6) is 0. The molecule has 0 spiro atoms. The van der Waals surface area contributed by atoms with Gasteiger partial charge in [0.15, 0.2) is 0 Å². The molecular formula is C18H40N2O2. The van der Waals surface area contributed by atoms with Gasteiger partial charge in [-0.2, -0.15) is 0 Å². The smallest absolute Gasteiger partial charge is 0.0799 e. The SMILES string of the molecule is CCCCCCCC(O)C(O)CCCCCCC(N)CCN. The highest BCUT2D eigenvalue weighted by atomic mass is 16.3. The standard InChI is InChI=1S/C18H40N2O2/c1-2-3-4-5-9-12-17(21)18(22)13-10-7-6-8-11-16(20)14-15-19/h16-18,21-22H,2-15,19-20H2,1H3. The number of aliphatic hydroxyl groups is 2. The average Bonchev–Trinajstić information content (AvgIpc) is 2.50. The largest absolute Gasteiger partial charge is 0.390 e. The van der Waals surface area contributed by atoms with Gasteiger partial charge in [0.05, 0.1) is 12.2 Å². The van der Waals surface area contributed by atoms with E-state index in [4.69, 9.17) is 11.5 Å². The third-order valence-corrected chi connectivity index (χ3v) is 4.41. The van der Waals surface area contributed by atoms with Gasteiger partial charge in [-0.3, -0.25) is 0 Å². The van der Waals surface area contributed by atoms with Crippen LogP contribution >= 0.6 is 0 Å². The second-order valence-corrected chi connectivity index (χ2v) is 6.67. The topological polar surface area (TPSA) is 92.5 Å². The Labute approximate surface area is 137 Å². The molecule has 0 aromatic heterocycles. The van der Waals surface area contributed by atoms with Crippen molar-refractivity contribution < 1.29 is 10.2 Å². The van der Waals surface area contributed by atoms with Crippen molar-refractivity contribution in [1.29, 1.82) is 0 Å². The first kappa shape index (κ1) is 21.8. The van der Waals surface area contributed by atoms with Crippen molar-refractivity contribution >= 4 is 0 Å². The molecular weight excluding hydrogens is 276 g/mol. The molecule has 0 radical (unpaired) electrons. The van der Waals surface area contributed by atoms with Crippen LogP contribution in [-0.4, -0.2) is 35.0 Å². The maximum atomic E-state index is 9.95. The Morgan fingerprint density at radius 3 is 1.59 bits per heavy atom. The van der Waals surface area contributed by atoms with Crippen molar-refractivity contribution in [3.8, 4) is 0 Å². The summed E-state index contributed by atoms with van der Waals surface area (Å²) in [4.78, 5) is 0. The predicted molar refractivity (Wildman–Crippen MR) is 94.7 cm³/mol. The van der Waals surface area contributed by atoms with Crippen molar-refractivity contribution in [2.24, 2.45) is 11.5 Å². The fraction of sp³-hybridized carbons (Fsp3) is 1.00. The first-order valence-electron chi connectivity index (χ1n) is 9.43. The molecule has 4 nitrogen and oxygen atoms in total. The lowest BCUT2D eigenvalue weighted by molar-refractivity contribution is 0.00712. The van der Waals surface area contributed by atoms with Gasteiger partial charge < -0.3 is 21.7 Å². The number of unbranched alkanes of at least 4 members (excludes halogenated alkanes) is 7. The van der Waals surface area contributed by atoms with Gasteiger partial charge >= 0.3 is 0 Å². The maximum absolute atomic E-state index is 9.95. The zero-order valence-corrected chi connectivity index (χ0v) is 14.7. The van der Waals surface area contributed by atoms with Crippen molar-refractivity contribution in [1.82, 2.24) is 0 Å². The lowest BCUT2D eigenvalue weighted by atomic mass is 9.99. The van der Waals surface area contributed by atoms with E-state index in [9.17, 15) is 10.2 Å². The summed E-state index contributed by atoms with van der Waals surface area (Å²) in [6, 6.07) is 0.241. The maximum Gasteiger partial charge on any atom is 0.0799 e. The summed E-state index contributed by atoms with van der Waals surface area (Å²) in [6.45, 7) is 2.87. The van der Waals surface area contributed by atoms with Crippen LogP contribution in [0.4, 0.5) is 0 Å². The predicted octanol–water partition coefficient (Wildman–Crippen LogP) is 3.09. The third-order valence-electron chi connectivity index (χ3n) is 4.41. The van der Waals surface area contributed by atoms with Crippen LogP contribution in [0.15, 0.2) is 0 Å².